The third-order valence-electron chi connectivity index (χ3n) is 3.86. The van der Waals surface area contributed by atoms with Crippen LogP contribution in [0.5, 0.6) is 0 Å². The molecule has 0 bridgehead atoms. The fourth-order valence-electron chi connectivity index (χ4n) is 2.57. The van der Waals surface area contributed by atoms with Crippen LogP contribution in [-0.4, -0.2) is 50.1 Å². The summed E-state index contributed by atoms with van der Waals surface area (Å²) >= 11 is 3.41. The number of carbonyl (C=O) groups excluding carboxylic acids is 2. The zero-order valence-corrected chi connectivity index (χ0v) is 14.3. The maximum atomic E-state index is 12.5. The maximum Gasteiger partial charge on any atom is 0.254 e. The third kappa shape index (κ3) is 4.30. The van der Waals surface area contributed by atoms with Crippen LogP contribution in [0.3, 0.4) is 0 Å². The molecule has 2 rings (SSSR count). The highest BCUT2D eigenvalue weighted by Gasteiger charge is 2.28. The van der Waals surface area contributed by atoms with Crippen LogP contribution in [0.4, 0.5) is 0 Å². The fourth-order valence-corrected chi connectivity index (χ4v) is 3.02. The zero-order chi connectivity index (χ0) is 15.9. The van der Waals surface area contributed by atoms with Crippen molar-refractivity contribution >= 4 is 27.7 Å². The van der Waals surface area contributed by atoms with Gasteiger partial charge >= 0.3 is 0 Å². The summed E-state index contributed by atoms with van der Waals surface area (Å²) in [6, 6.07) is 7.42. The Balaban J connectivity index is 1.85. The summed E-state index contributed by atoms with van der Waals surface area (Å²) in [5, 5.41) is 2.86. The average Bonchev–Trinajstić information content (AvgIpc) is 2.55. The number of nitrogens with zero attached hydrogens (tertiary/aromatic N) is 1. The van der Waals surface area contributed by atoms with Crippen molar-refractivity contribution in [2.75, 3.05) is 33.4 Å². The first-order valence-corrected chi connectivity index (χ1v) is 8.23. The predicted molar refractivity (Wildman–Crippen MR) is 87.7 cm³/mol. The number of nitrogens with one attached hydrogen (secondary N) is 1. The molecule has 0 aromatic heterocycles. The number of carbonyl (C=O) groups is 2. The van der Waals surface area contributed by atoms with Crippen LogP contribution in [-0.2, 0) is 9.53 Å². The second kappa shape index (κ2) is 8.29. The van der Waals surface area contributed by atoms with E-state index in [9.17, 15) is 9.59 Å². The van der Waals surface area contributed by atoms with E-state index >= 15 is 0 Å². The summed E-state index contributed by atoms with van der Waals surface area (Å²) < 4.78 is 5.72. The SMILES string of the molecule is COCCNC(=O)C1CCN(C(=O)c2ccccc2Br)CC1. The monoisotopic (exact) mass is 368 g/mol. The van der Waals surface area contributed by atoms with Crippen molar-refractivity contribution < 1.29 is 14.3 Å². The van der Waals surface area contributed by atoms with Gasteiger partial charge in [0.05, 0.1) is 12.2 Å². The Labute approximate surface area is 139 Å². The Bertz CT molecular complexity index is 528. The highest BCUT2D eigenvalue weighted by molar-refractivity contribution is 9.10. The molecule has 0 aliphatic carbocycles. The lowest BCUT2D eigenvalue weighted by atomic mass is 9.95. The molecular formula is C16H21BrN2O3. The van der Waals surface area contributed by atoms with Crippen LogP contribution < -0.4 is 5.32 Å². The summed E-state index contributed by atoms with van der Waals surface area (Å²) in [5.74, 6) is 0.0656. The second-order valence-corrected chi connectivity index (χ2v) is 6.18. The lowest BCUT2D eigenvalue weighted by Crippen LogP contribution is -2.43. The Morgan fingerprint density at radius 2 is 2.00 bits per heavy atom. The van der Waals surface area contributed by atoms with E-state index in [0.29, 0.717) is 44.6 Å². The highest BCUT2D eigenvalue weighted by Crippen LogP contribution is 2.22. The van der Waals surface area contributed by atoms with Gasteiger partial charge in [0.1, 0.15) is 0 Å². The van der Waals surface area contributed by atoms with Gasteiger partial charge in [-0.25, -0.2) is 0 Å². The van der Waals surface area contributed by atoms with E-state index in [1.807, 2.05) is 29.2 Å². The van der Waals surface area contributed by atoms with Crippen molar-refractivity contribution in [1.82, 2.24) is 10.2 Å². The molecule has 0 unspecified atom stereocenters. The van der Waals surface area contributed by atoms with Gasteiger partial charge in [0.25, 0.3) is 5.91 Å². The zero-order valence-electron chi connectivity index (χ0n) is 12.7. The minimum Gasteiger partial charge on any atom is -0.383 e. The van der Waals surface area contributed by atoms with Crippen molar-refractivity contribution in [2.24, 2.45) is 5.92 Å². The highest BCUT2D eigenvalue weighted by atomic mass is 79.9. The van der Waals surface area contributed by atoms with Gasteiger partial charge in [0, 0.05) is 37.1 Å². The molecule has 0 atom stereocenters. The molecular weight excluding hydrogens is 348 g/mol. The third-order valence-corrected chi connectivity index (χ3v) is 4.55. The number of halogens is 1. The summed E-state index contributed by atoms with van der Waals surface area (Å²) in [5.41, 5.74) is 0.672. The van der Waals surface area contributed by atoms with Gasteiger partial charge in [-0.1, -0.05) is 12.1 Å². The standard InChI is InChI=1S/C16H21BrN2O3/c1-22-11-8-18-15(20)12-6-9-19(10-7-12)16(21)13-4-2-3-5-14(13)17/h2-5,12H,6-11H2,1H3,(H,18,20). The van der Waals surface area contributed by atoms with Crippen LogP contribution >= 0.6 is 15.9 Å². The molecule has 1 saturated heterocycles. The lowest BCUT2D eigenvalue weighted by molar-refractivity contribution is -0.126. The summed E-state index contributed by atoms with van der Waals surface area (Å²) in [7, 11) is 1.61. The molecule has 1 aromatic rings. The molecule has 1 aliphatic heterocycles. The van der Waals surface area contributed by atoms with E-state index in [0.717, 1.165) is 4.47 Å². The number of likely N-dealkylation sites (tertiary alicyclic amines) is 1. The second-order valence-electron chi connectivity index (χ2n) is 5.33. The lowest BCUT2D eigenvalue weighted by Gasteiger charge is -2.31. The van der Waals surface area contributed by atoms with Gasteiger partial charge in [-0.2, -0.15) is 0 Å². The molecule has 0 radical (unpaired) electrons. The molecule has 120 valence electrons. The minimum atomic E-state index is -0.0138. The largest absolute Gasteiger partial charge is 0.383 e. The van der Waals surface area contributed by atoms with Crippen LogP contribution in [0.25, 0.3) is 0 Å². The summed E-state index contributed by atoms with van der Waals surface area (Å²) in [6.07, 6.45) is 1.41. The molecule has 1 fully saturated rings. The smallest absolute Gasteiger partial charge is 0.254 e. The van der Waals surface area contributed by atoms with Crippen molar-refractivity contribution in [2.45, 2.75) is 12.8 Å². The molecule has 0 saturated carbocycles. The first-order valence-electron chi connectivity index (χ1n) is 7.44. The number of rotatable bonds is 5. The van der Waals surface area contributed by atoms with Gasteiger partial charge in [0.2, 0.25) is 5.91 Å². The van der Waals surface area contributed by atoms with Gasteiger partial charge in [-0.3, -0.25) is 9.59 Å². The Hall–Kier alpha value is -1.40. The number of benzene rings is 1. The van der Waals surface area contributed by atoms with E-state index in [1.54, 1.807) is 7.11 Å². The molecule has 1 N–H and O–H groups in total. The normalized spacial score (nSPS) is 15.6. The molecule has 1 heterocycles. The van der Waals surface area contributed by atoms with Gasteiger partial charge < -0.3 is 15.0 Å². The molecule has 1 aromatic carbocycles. The average molecular weight is 369 g/mol. The van der Waals surface area contributed by atoms with Crippen molar-refractivity contribution in [3.05, 3.63) is 34.3 Å². The van der Waals surface area contributed by atoms with Gasteiger partial charge in [-0.05, 0) is 40.9 Å². The fraction of sp³-hybridized carbons (Fsp3) is 0.500. The Kier molecular flexibility index (Phi) is 6.39. The van der Waals surface area contributed by atoms with Crippen molar-refractivity contribution in [3.8, 4) is 0 Å². The summed E-state index contributed by atoms with van der Waals surface area (Å²) in [6.45, 7) is 2.28. The first-order chi connectivity index (χ1) is 10.6. The molecule has 1 aliphatic rings. The molecule has 5 nitrogen and oxygen atoms in total. The van der Waals surface area contributed by atoms with Crippen LogP contribution in [0.2, 0.25) is 0 Å². The predicted octanol–water partition coefficient (Wildman–Crippen LogP) is 2.06. The van der Waals surface area contributed by atoms with E-state index in [-0.39, 0.29) is 17.7 Å². The quantitative estimate of drug-likeness (QED) is 0.809. The van der Waals surface area contributed by atoms with Crippen LogP contribution in [0, 0.1) is 5.92 Å². The number of piperidine rings is 1. The Morgan fingerprint density at radius 1 is 1.32 bits per heavy atom. The number of hydrogen-bond donors (Lipinski definition) is 1. The van der Waals surface area contributed by atoms with Crippen LogP contribution in [0.15, 0.2) is 28.7 Å². The number of methoxy groups -OCH3 is 1. The summed E-state index contributed by atoms with van der Waals surface area (Å²) in [4.78, 5) is 26.3. The van der Waals surface area contributed by atoms with Gasteiger partial charge in [0.15, 0.2) is 0 Å². The topological polar surface area (TPSA) is 58.6 Å². The maximum absolute atomic E-state index is 12.5. The minimum absolute atomic E-state index is 0.0138. The van der Waals surface area contributed by atoms with E-state index in [4.69, 9.17) is 4.74 Å². The van der Waals surface area contributed by atoms with E-state index in [2.05, 4.69) is 21.2 Å². The number of hydrogen-bond acceptors (Lipinski definition) is 3. The Morgan fingerprint density at radius 3 is 2.64 bits per heavy atom. The van der Waals surface area contributed by atoms with Crippen molar-refractivity contribution in [3.63, 3.8) is 0 Å². The van der Waals surface area contributed by atoms with E-state index < -0.39 is 0 Å². The van der Waals surface area contributed by atoms with Crippen LogP contribution in [0.1, 0.15) is 23.2 Å². The van der Waals surface area contributed by atoms with Crippen molar-refractivity contribution in [1.29, 1.82) is 0 Å². The molecule has 0 spiro atoms. The number of ether oxygens (including phenoxy) is 1. The van der Waals surface area contributed by atoms with Gasteiger partial charge in [-0.15, -0.1) is 0 Å². The molecule has 2 amide bonds. The van der Waals surface area contributed by atoms with E-state index in [1.165, 1.54) is 0 Å². The first kappa shape index (κ1) is 17.0. The molecule has 6 heteroatoms. The number of amides is 2. The molecule has 22 heavy (non-hydrogen) atoms.